The fourth-order valence-corrected chi connectivity index (χ4v) is 5.19. The summed E-state index contributed by atoms with van der Waals surface area (Å²) in [6.45, 7) is 0.0989. The van der Waals surface area contributed by atoms with E-state index >= 15 is 0 Å². The summed E-state index contributed by atoms with van der Waals surface area (Å²) in [5.74, 6) is 0.780. The molecule has 0 saturated heterocycles. The van der Waals surface area contributed by atoms with Crippen molar-refractivity contribution in [1.82, 2.24) is 9.66 Å². The summed E-state index contributed by atoms with van der Waals surface area (Å²) < 4.78 is 8.03. The van der Waals surface area contributed by atoms with Crippen LogP contribution in [0.1, 0.15) is 55.0 Å². The minimum Gasteiger partial charge on any atom is -0.481 e. The molecule has 0 atom stereocenters. The first-order valence-corrected chi connectivity index (χ1v) is 13.5. The van der Waals surface area contributed by atoms with Gasteiger partial charge in [0, 0.05) is 27.0 Å². The van der Waals surface area contributed by atoms with Gasteiger partial charge in [0.2, 0.25) is 5.75 Å². The number of hydrogen-bond donors (Lipinski definition) is 0. The van der Waals surface area contributed by atoms with Crippen molar-refractivity contribution < 1.29 is 9.66 Å². The zero-order valence-corrected chi connectivity index (χ0v) is 22.7. The predicted octanol–water partition coefficient (Wildman–Crippen LogP) is 7.23. The molecule has 1 saturated carbocycles. The van der Waals surface area contributed by atoms with Crippen molar-refractivity contribution in [2.75, 3.05) is 0 Å². The lowest BCUT2D eigenvalue weighted by Crippen LogP contribution is -2.25. The average molecular weight is 596 g/mol. The van der Waals surface area contributed by atoms with Gasteiger partial charge in [-0.15, -0.1) is 0 Å². The Morgan fingerprint density at radius 2 is 1.89 bits per heavy atom. The number of aromatic nitrogens is 2. The van der Waals surface area contributed by atoms with E-state index in [1.165, 1.54) is 17.0 Å². The zero-order chi connectivity index (χ0) is 26.6. The van der Waals surface area contributed by atoms with Gasteiger partial charge in [0.25, 0.3) is 5.56 Å². The van der Waals surface area contributed by atoms with Crippen molar-refractivity contribution in [2.45, 2.75) is 44.6 Å². The average Bonchev–Trinajstić information content (AvgIpc) is 2.93. The van der Waals surface area contributed by atoms with Crippen molar-refractivity contribution in [1.29, 1.82) is 0 Å². The van der Waals surface area contributed by atoms with Crippen molar-refractivity contribution in [3.05, 3.63) is 108 Å². The summed E-state index contributed by atoms with van der Waals surface area (Å²) >= 11 is 9.40. The van der Waals surface area contributed by atoms with Crippen molar-refractivity contribution in [3.63, 3.8) is 0 Å². The van der Waals surface area contributed by atoms with Gasteiger partial charge in [-0.1, -0.05) is 65.0 Å². The van der Waals surface area contributed by atoms with E-state index in [0.717, 1.165) is 42.1 Å². The number of fused-ring (bicyclic) bond motifs is 1. The summed E-state index contributed by atoms with van der Waals surface area (Å²) in [6.07, 6.45) is 6.58. The molecule has 194 valence electrons. The molecule has 8 nitrogen and oxygen atoms in total. The molecule has 3 aromatic carbocycles. The van der Waals surface area contributed by atoms with E-state index < -0.39 is 4.92 Å². The standard InChI is InChI=1S/C28H24BrClN4O4/c29-21-11-14-24-23(15-21)28(35)33(27(32-24)19-5-2-1-3-6-19)31-16-20-7-4-8-25(34(36)37)26(20)38-17-18-9-12-22(30)13-10-18/h4,7-16,19H,1-3,5-6,17H2. The molecular weight excluding hydrogens is 572 g/mol. The van der Waals surface area contributed by atoms with Gasteiger partial charge in [0.05, 0.1) is 22.0 Å². The van der Waals surface area contributed by atoms with Gasteiger partial charge in [-0.3, -0.25) is 14.9 Å². The lowest BCUT2D eigenvalue weighted by Gasteiger charge is -2.22. The van der Waals surface area contributed by atoms with E-state index in [2.05, 4.69) is 21.0 Å². The molecule has 0 unspecified atom stereocenters. The minimum absolute atomic E-state index is 0.0694. The second kappa shape index (κ2) is 11.4. The van der Waals surface area contributed by atoms with Crippen LogP contribution in [0.3, 0.4) is 0 Å². The Balaban J connectivity index is 1.58. The highest BCUT2D eigenvalue weighted by atomic mass is 79.9. The Kier molecular flexibility index (Phi) is 7.85. The summed E-state index contributed by atoms with van der Waals surface area (Å²) in [5, 5.41) is 17.4. The fourth-order valence-electron chi connectivity index (χ4n) is 4.70. The molecule has 0 bridgehead atoms. The maximum Gasteiger partial charge on any atom is 0.311 e. The van der Waals surface area contributed by atoms with Crippen LogP contribution in [-0.2, 0) is 6.61 Å². The van der Waals surface area contributed by atoms with Crippen LogP contribution in [0.25, 0.3) is 10.9 Å². The van der Waals surface area contributed by atoms with Crippen LogP contribution < -0.4 is 10.3 Å². The number of nitrogens with zero attached hydrogens (tertiary/aromatic N) is 4. The number of para-hydroxylation sites is 1. The maximum absolute atomic E-state index is 13.6. The third kappa shape index (κ3) is 5.63. The minimum atomic E-state index is -0.497. The Morgan fingerprint density at radius 1 is 1.13 bits per heavy atom. The second-order valence-electron chi connectivity index (χ2n) is 9.20. The highest BCUT2D eigenvalue weighted by molar-refractivity contribution is 9.10. The van der Waals surface area contributed by atoms with Crippen molar-refractivity contribution in [3.8, 4) is 5.75 Å². The van der Waals surface area contributed by atoms with Crippen LogP contribution in [0.2, 0.25) is 5.02 Å². The lowest BCUT2D eigenvalue weighted by atomic mass is 9.88. The molecule has 4 aromatic rings. The molecule has 1 aliphatic carbocycles. The number of ether oxygens (including phenoxy) is 1. The molecule has 0 radical (unpaired) electrons. The van der Waals surface area contributed by atoms with Gasteiger partial charge in [-0.25, -0.2) is 4.98 Å². The molecule has 5 rings (SSSR count). The van der Waals surface area contributed by atoms with E-state index in [1.54, 1.807) is 42.5 Å². The SMILES string of the molecule is O=c1c2cc(Br)ccc2nc(C2CCCCC2)n1N=Cc1cccc([N+](=O)[O-])c1OCc1ccc(Cl)cc1. The first kappa shape index (κ1) is 26.1. The van der Waals surface area contributed by atoms with Gasteiger partial charge in [-0.2, -0.15) is 9.78 Å². The molecule has 0 N–H and O–H groups in total. The number of nitro benzene ring substituents is 1. The van der Waals surface area contributed by atoms with Crippen LogP contribution in [0.15, 0.2) is 75.0 Å². The summed E-state index contributed by atoms with van der Waals surface area (Å²) in [7, 11) is 0. The Labute approximate surface area is 232 Å². The van der Waals surface area contributed by atoms with Crippen LogP contribution in [-0.4, -0.2) is 20.8 Å². The first-order valence-electron chi connectivity index (χ1n) is 12.3. The van der Waals surface area contributed by atoms with Crippen LogP contribution in [0.4, 0.5) is 5.69 Å². The van der Waals surface area contributed by atoms with E-state index in [9.17, 15) is 14.9 Å². The summed E-state index contributed by atoms with van der Waals surface area (Å²) in [4.78, 5) is 29.7. The van der Waals surface area contributed by atoms with Gasteiger partial charge >= 0.3 is 5.69 Å². The zero-order valence-electron chi connectivity index (χ0n) is 20.3. The molecule has 38 heavy (non-hydrogen) atoms. The van der Waals surface area contributed by atoms with E-state index in [-0.39, 0.29) is 29.5 Å². The van der Waals surface area contributed by atoms with Gasteiger partial charge < -0.3 is 4.74 Å². The van der Waals surface area contributed by atoms with E-state index in [0.29, 0.717) is 27.3 Å². The third-order valence-corrected chi connectivity index (χ3v) is 7.38. The Morgan fingerprint density at radius 3 is 2.63 bits per heavy atom. The molecule has 10 heteroatoms. The summed E-state index contributed by atoms with van der Waals surface area (Å²) in [6, 6.07) is 17.1. The van der Waals surface area contributed by atoms with E-state index in [1.807, 2.05) is 12.1 Å². The molecule has 0 aliphatic heterocycles. The molecule has 1 aromatic heterocycles. The maximum atomic E-state index is 13.6. The predicted molar refractivity (Wildman–Crippen MR) is 151 cm³/mol. The topological polar surface area (TPSA) is 99.6 Å². The first-order chi connectivity index (χ1) is 18.4. The van der Waals surface area contributed by atoms with Crippen LogP contribution in [0, 0.1) is 10.1 Å². The molecule has 0 amide bonds. The molecule has 0 spiro atoms. The van der Waals surface area contributed by atoms with Gasteiger partial charge in [0.1, 0.15) is 12.4 Å². The van der Waals surface area contributed by atoms with E-state index in [4.69, 9.17) is 21.3 Å². The number of benzene rings is 3. The number of nitro groups is 1. The third-order valence-electron chi connectivity index (χ3n) is 6.63. The van der Waals surface area contributed by atoms with Crippen molar-refractivity contribution >= 4 is 50.3 Å². The number of halogens is 2. The van der Waals surface area contributed by atoms with Crippen LogP contribution >= 0.6 is 27.5 Å². The quantitative estimate of drug-likeness (QED) is 0.127. The van der Waals surface area contributed by atoms with Gasteiger partial charge in [-0.05, 0) is 54.8 Å². The fraction of sp³-hybridized carbons (Fsp3) is 0.250. The second-order valence-corrected chi connectivity index (χ2v) is 10.5. The van der Waals surface area contributed by atoms with Gasteiger partial charge in [0.15, 0.2) is 0 Å². The molecule has 1 fully saturated rings. The number of rotatable bonds is 7. The Bertz CT molecular complexity index is 1580. The molecular formula is C28H24BrClN4O4. The number of hydrogen-bond acceptors (Lipinski definition) is 6. The molecule has 1 aliphatic rings. The Hall–Kier alpha value is -3.56. The molecule has 1 heterocycles. The normalized spacial score (nSPS) is 14.3. The smallest absolute Gasteiger partial charge is 0.311 e. The summed E-state index contributed by atoms with van der Waals surface area (Å²) in [5.41, 5.74) is 1.32. The van der Waals surface area contributed by atoms with Crippen LogP contribution in [0.5, 0.6) is 5.75 Å². The highest BCUT2D eigenvalue weighted by Crippen LogP contribution is 2.33. The highest BCUT2D eigenvalue weighted by Gasteiger charge is 2.23. The van der Waals surface area contributed by atoms with Crippen molar-refractivity contribution in [2.24, 2.45) is 5.10 Å². The monoisotopic (exact) mass is 594 g/mol. The lowest BCUT2D eigenvalue weighted by molar-refractivity contribution is -0.385. The largest absolute Gasteiger partial charge is 0.481 e.